The summed E-state index contributed by atoms with van der Waals surface area (Å²) in [5.74, 6) is 1.28. The van der Waals surface area contributed by atoms with Gasteiger partial charge in [-0.2, -0.15) is 0 Å². The summed E-state index contributed by atoms with van der Waals surface area (Å²) in [4.78, 5) is 6.82. The lowest BCUT2D eigenvalue weighted by Crippen LogP contribution is -2.43. The monoisotopic (exact) mass is 349 g/mol. The SMILES string of the molecule is COc1ccc2ncc(-c3cc4c(N5CCNCC5)cccc4o3)n2n1. The molecule has 0 amide bonds. The van der Waals surface area contributed by atoms with E-state index in [1.807, 2.05) is 18.2 Å². The van der Waals surface area contributed by atoms with Crippen LogP contribution in [0.1, 0.15) is 0 Å². The van der Waals surface area contributed by atoms with Gasteiger partial charge < -0.3 is 19.4 Å². The molecule has 4 aromatic rings. The van der Waals surface area contributed by atoms with E-state index in [4.69, 9.17) is 9.15 Å². The predicted molar refractivity (Wildman–Crippen MR) is 99.8 cm³/mol. The number of piperazine rings is 1. The summed E-state index contributed by atoms with van der Waals surface area (Å²) in [6, 6.07) is 12.0. The first-order chi connectivity index (χ1) is 12.8. The molecule has 1 fully saturated rings. The largest absolute Gasteiger partial charge is 0.480 e. The van der Waals surface area contributed by atoms with E-state index in [-0.39, 0.29) is 0 Å². The topological polar surface area (TPSA) is 67.8 Å². The summed E-state index contributed by atoms with van der Waals surface area (Å²) in [5.41, 5.74) is 3.64. The Balaban J connectivity index is 1.64. The van der Waals surface area contributed by atoms with Crippen molar-refractivity contribution in [2.75, 3.05) is 38.2 Å². The van der Waals surface area contributed by atoms with Crippen LogP contribution in [0.15, 0.2) is 47.0 Å². The van der Waals surface area contributed by atoms with E-state index in [0.717, 1.165) is 54.2 Å². The van der Waals surface area contributed by atoms with E-state index in [0.29, 0.717) is 5.88 Å². The average molecular weight is 349 g/mol. The molecule has 0 atom stereocenters. The number of methoxy groups -OCH3 is 1. The number of ether oxygens (including phenoxy) is 1. The van der Waals surface area contributed by atoms with Crippen LogP contribution in [0.2, 0.25) is 0 Å². The Morgan fingerprint density at radius 3 is 2.88 bits per heavy atom. The Bertz CT molecular complexity index is 1080. The number of benzene rings is 1. The van der Waals surface area contributed by atoms with Crippen LogP contribution in [0.25, 0.3) is 28.1 Å². The quantitative estimate of drug-likeness (QED) is 0.613. The molecule has 1 aromatic carbocycles. The smallest absolute Gasteiger partial charge is 0.231 e. The van der Waals surface area contributed by atoms with Crippen molar-refractivity contribution in [1.82, 2.24) is 19.9 Å². The zero-order valence-corrected chi connectivity index (χ0v) is 14.5. The third-order valence-corrected chi connectivity index (χ3v) is 4.80. The van der Waals surface area contributed by atoms with Gasteiger partial charge in [-0.1, -0.05) is 6.07 Å². The second-order valence-electron chi connectivity index (χ2n) is 6.33. The number of nitrogens with one attached hydrogen (secondary N) is 1. The van der Waals surface area contributed by atoms with Gasteiger partial charge in [0.2, 0.25) is 5.88 Å². The van der Waals surface area contributed by atoms with E-state index in [2.05, 4.69) is 32.4 Å². The Kier molecular flexibility index (Phi) is 3.53. The summed E-state index contributed by atoms with van der Waals surface area (Å²) in [6.07, 6.45) is 1.78. The maximum Gasteiger partial charge on any atom is 0.231 e. The van der Waals surface area contributed by atoms with Crippen LogP contribution in [0.5, 0.6) is 5.88 Å². The second kappa shape index (κ2) is 6.03. The molecule has 132 valence electrons. The predicted octanol–water partition coefficient (Wildman–Crippen LogP) is 2.56. The summed E-state index contributed by atoms with van der Waals surface area (Å²) in [5, 5.41) is 8.97. The molecule has 1 saturated heterocycles. The van der Waals surface area contributed by atoms with Gasteiger partial charge in [-0.25, -0.2) is 9.50 Å². The number of aromatic nitrogens is 3. The molecule has 0 saturated carbocycles. The molecular weight excluding hydrogens is 330 g/mol. The van der Waals surface area contributed by atoms with Crippen LogP contribution in [0.4, 0.5) is 5.69 Å². The molecule has 4 heterocycles. The maximum atomic E-state index is 6.14. The highest BCUT2D eigenvalue weighted by atomic mass is 16.5. The van der Waals surface area contributed by atoms with Gasteiger partial charge in [0.1, 0.15) is 11.3 Å². The van der Waals surface area contributed by atoms with Crippen LogP contribution in [-0.2, 0) is 0 Å². The van der Waals surface area contributed by atoms with Crippen LogP contribution >= 0.6 is 0 Å². The molecule has 7 nitrogen and oxygen atoms in total. The number of hydrogen-bond donors (Lipinski definition) is 1. The lowest BCUT2D eigenvalue weighted by Gasteiger charge is -2.29. The number of furan rings is 1. The lowest BCUT2D eigenvalue weighted by molar-refractivity contribution is 0.390. The van der Waals surface area contributed by atoms with Gasteiger partial charge in [0.15, 0.2) is 11.4 Å². The highest BCUT2D eigenvalue weighted by molar-refractivity contribution is 5.94. The first kappa shape index (κ1) is 15.2. The van der Waals surface area contributed by atoms with Crippen molar-refractivity contribution >= 4 is 22.3 Å². The van der Waals surface area contributed by atoms with Gasteiger partial charge in [0.05, 0.1) is 13.3 Å². The van der Waals surface area contributed by atoms with Crippen LogP contribution in [0, 0.1) is 0 Å². The summed E-state index contributed by atoms with van der Waals surface area (Å²) in [6.45, 7) is 3.98. The molecule has 0 spiro atoms. The third-order valence-electron chi connectivity index (χ3n) is 4.80. The minimum atomic E-state index is 0.536. The summed E-state index contributed by atoms with van der Waals surface area (Å²) < 4.78 is 13.1. The standard InChI is InChI=1S/C19H19N5O2/c1-25-19-6-5-18-21-12-15(24(18)22-19)17-11-13-14(3-2-4-16(13)26-17)23-9-7-20-8-10-23/h2-6,11-12,20H,7-10H2,1H3. The van der Waals surface area contributed by atoms with Crippen molar-refractivity contribution in [1.29, 1.82) is 0 Å². The molecule has 5 rings (SSSR count). The van der Waals surface area contributed by atoms with E-state index in [9.17, 15) is 0 Å². The van der Waals surface area contributed by atoms with Crippen molar-refractivity contribution in [3.8, 4) is 17.3 Å². The van der Waals surface area contributed by atoms with Crippen LogP contribution < -0.4 is 15.0 Å². The zero-order chi connectivity index (χ0) is 17.5. The van der Waals surface area contributed by atoms with E-state index >= 15 is 0 Å². The van der Waals surface area contributed by atoms with E-state index in [1.165, 1.54) is 5.69 Å². The van der Waals surface area contributed by atoms with Crippen molar-refractivity contribution in [2.45, 2.75) is 0 Å². The molecule has 7 heteroatoms. The normalized spacial score (nSPS) is 15.0. The number of rotatable bonds is 3. The molecule has 3 aromatic heterocycles. The fourth-order valence-electron chi connectivity index (χ4n) is 3.49. The van der Waals surface area contributed by atoms with Crippen molar-refractivity contribution in [3.63, 3.8) is 0 Å². The Hall–Kier alpha value is -3.06. The number of nitrogens with zero attached hydrogens (tertiary/aromatic N) is 4. The molecule has 0 bridgehead atoms. The molecule has 1 N–H and O–H groups in total. The Morgan fingerprint density at radius 1 is 1.15 bits per heavy atom. The number of fused-ring (bicyclic) bond motifs is 2. The molecule has 1 aliphatic rings. The van der Waals surface area contributed by atoms with Gasteiger partial charge >= 0.3 is 0 Å². The number of hydrogen-bond acceptors (Lipinski definition) is 6. The molecule has 0 radical (unpaired) electrons. The summed E-state index contributed by atoms with van der Waals surface area (Å²) in [7, 11) is 1.60. The molecular formula is C19H19N5O2. The van der Waals surface area contributed by atoms with Gasteiger partial charge in [-0.05, 0) is 24.3 Å². The maximum absolute atomic E-state index is 6.14. The van der Waals surface area contributed by atoms with Gasteiger partial charge in [0.25, 0.3) is 0 Å². The fourth-order valence-corrected chi connectivity index (χ4v) is 3.49. The molecule has 26 heavy (non-hydrogen) atoms. The number of imidazole rings is 1. The lowest BCUT2D eigenvalue weighted by atomic mass is 10.1. The van der Waals surface area contributed by atoms with Crippen molar-refractivity contribution < 1.29 is 9.15 Å². The Labute approximate surface area is 150 Å². The zero-order valence-electron chi connectivity index (χ0n) is 14.5. The van der Waals surface area contributed by atoms with Gasteiger partial charge in [-0.15, -0.1) is 5.10 Å². The third kappa shape index (κ3) is 2.40. The van der Waals surface area contributed by atoms with E-state index in [1.54, 1.807) is 23.9 Å². The van der Waals surface area contributed by atoms with Crippen LogP contribution in [-0.4, -0.2) is 47.9 Å². The van der Waals surface area contributed by atoms with Gasteiger partial charge in [0, 0.05) is 43.3 Å². The molecule has 0 unspecified atom stereocenters. The fraction of sp³-hybridized carbons (Fsp3) is 0.263. The van der Waals surface area contributed by atoms with E-state index < -0.39 is 0 Å². The first-order valence-electron chi connectivity index (χ1n) is 8.71. The number of anilines is 1. The summed E-state index contributed by atoms with van der Waals surface area (Å²) >= 11 is 0. The van der Waals surface area contributed by atoms with Crippen LogP contribution in [0.3, 0.4) is 0 Å². The first-order valence-corrected chi connectivity index (χ1v) is 8.71. The van der Waals surface area contributed by atoms with Crippen molar-refractivity contribution in [3.05, 3.63) is 42.6 Å². The Morgan fingerprint density at radius 2 is 2.04 bits per heavy atom. The van der Waals surface area contributed by atoms with Crippen molar-refractivity contribution in [2.24, 2.45) is 0 Å². The van der Waals surface area contributed by atoms with Gasteiger partial charge in [-0.3, -0.25) is 0 Å². The minimum Gasteiger partial charge on any atom is -0.480 e. The highest BCUT2D eigenvalue weighted by Gasteiger charge is 2.18. The average Bonchev–Trinajstić information content (AvgIpc) is 3.31. The molecule has 0 aliphatic carbocycles. The highest BCUT2D eigenvalue weighted by Crippen LogP contribution is 2.34. The second-order valence-corrected chi connectivity index (χ2v) is 6.33. The minimum absolute atomic E-state index is 0.536. The molecule has 1 aliphatic heterocycles.